The molecule has 2 heterocycles. The van der Waals surface area contributed by atoms with Crippen LogP contribution in [0.1, 0.15) is 16.1 Å². The van der Waals surface area contributed by atoms with E-state index in [9.17, 15) is 4.79 Å². The molecule has 0 unspecified atom stereocenters. The first-order valence-electron chi connectivity index (χ1n) is 6.44. The minimum absolute atomic E-state index is 0.170. The molecule has 22 heavy (non-hydrogen) atoms. The monoisotopic (exact) mass is 296 g/mol. The van der Waals surface area contributed by atoms with E-state index in [-0.39, 0.29) is 11.4 Å². The van der Waals surface area contributed by atoms with Crippen molar-refractivity contribution in [2.45, 2.75) is 0 Å². The van der Waals surface area contributed by atoms with Crippen molar-refractivity contribution in [3.63, 3.8) is 0 Å². The lowest BCUT2D eigenvalue weighted by molar-refractivity contribution is 0.0950. The Bertz CT molecular complexity index is 789. The first-order chi connectivity index (χ1) is 10.7. The zero-order chi connectivity index (χ0) is 15.4. The molecule has 7 nitrogen and oxygen atoms in total. The van der Waals surface area contributed by atoms with E-state index in [4.69, 9.17) is 9.52 Å². The number of hydrogen-bond acceptors (Lipinski definition) is 5. The second-order valence-corrected chi connectivity index (χ2v) is 4.43. The fourth-order valence-electron chi connectivity index (χ4n) is 1.78. The Kier molecular flexibility index (Phi) is 3.69. The van der Waals surface area contributed by atoms with Gasteiger partial charge in [-0.05, 0) is 42.0 Å². The van der Waals surface area contributed by atoms with Crippen molar-refractivity contribution in [1.29, 1.82) is 0 Å². The summed E-state index contributed by atoms with van der Waals surface area (Å²) < 4.78 is 5.21. The van der Waals surface area contributed by atoms with Gasteiger partial charge in [-0.25, -0.2) is 5.43 Å². The number of aromatic hydroxyl groups is 1. The predicted molar refractivity (Wildman–Crippen MR) is 79.5 cm³/mol. The summed E-state index contributed by atoms with van der Waals surface area (Å²) in [5.41, 5.74) is 3.93. The molecule has 0 aliphatic carbocycles. The summed E-state index contributed by atoms with van der Waals surface area (Å²) in [6, 6.07) is 11.5. The fraction of sp³-hybridized carbons (Fsp3) is 0. The SMILES string of the molecule is O=C(NN=Cc1ccc(O)cc1)c1cc(-c2ccco2)[nH]n1. The van der Waals surface area contributed by atoms with Crippen LogP contribution in [0.15, 0.2) is 58.2 Å². The number of amides is 1. The van der Waals surface area contributed by atoms with Crippen molar-refractivity contribution in [3.8, 4) is 17.2 Å². The normalized spacial score (nSPS) is 10.9. The number of carbonyl (C=O) groups is 1. The Morgan fingerprint density at radius 1 is 1.32 bits per heavy atom. The summed E-state index contributed by atoms with van der Waals surface area (Å²) in [7, 11) is 0. The van der Waals surface area contributed by atoms with Gasteiger partial charge in [0.1, 0.15) is 11.4 Å². The Labute approximate surface area is 125 Å². The van der Waals surface area contributed by atoms with Gasteiger partial charge in [0.2, 0.25) is 0 Å². The second-order valence-electron chi connectivity index (χ2n) is 4.43. The van der Waals surface area contributed by atoms with E-state index < -0.39 is 5.91 Å². The van der Waals surface area contributed by atoms with Crippen LogP contribution >= 0.6 is 0 Å². The average Bonchev–Trinajstić information content (AvgIpc) is 3.20. The van der Waals surface area contributed by atoms with Crippen molar-refractivity contribution in [2.75, 3.05) is 0 Å². The Hall–Kier alpha value is -3.35. The standard InChI is InChI=1S/C15H12N4O3/c20-11-5-3-10(4-6-11)9-16-19-15(21)13-8-12(17-18-13)14-2-1-7-22-14/h1-9,20H,(H,17,18)(H,19,21). The lowest BCUT2D eigenvalue weighted by Crippen LogP contribution is -2.17. The molecule has 1 amide bonds. The molecule has 3 aromatic rings. The Balaban J connectivity index is 1.63. The molecule has 7 heteroatoms. The molecule has 0 saturated heterocycles. The van der Waals surface area contributed by atoms with E-state index in [1.54, 1.807) is 30.3 Å². The van der Waals surface area contributed by atoms with Crippen molar-refractivity contribution in [1.82, 2.24) is 15.6 Å². The van der Waals surface area contributed by atoms with Gasteiger partial charge in [-0.2, -0.15) is 10.2 Å². The molecule has 0 fully saturated rings. The summed E-state index contributed by atoms with van der Waals surface area (Å²) in [6.07, 6.45) is 3.01. The van der Waals surface area contributed by atoms with Crippen LogP contribution in [0.5, 0.6) is 5.75 Å². The zero-order valence-corrected chi connectivity index (χ0v) is 11.4. The molecule has 0 saturated carbocycles. The number of nitrogens with one attached hydrogen (secondary N) is 2. The highest BCUT2D eigenvalue weighted by molar-refractivity contribution is 5.93. The molecule has 0 aliphatic rings. The highest BCUT2D eigenvalue weighted by Crippen LogP contribution is 2.17. The van der Waals surface area contributed by atoms with Gasteiger partial charge in [0.05, 0.1) is 12.5 Å². The van der Waals surface area contributed by atoms with Gasteiger partial charge >= 0.3 is 0 Å². The number of nitrogens with zero attached hydrogens (tertiary/aromatic N) is 2. The molecule has 0 atom stereocenters. The van der Waals surface area contributed by atoms with E-state index in [1.807, 2.05) is 0 Å². The maximum Gasteiger partial charge on any atom is 0.291 e. The van der Waals surface area contributed by atoms with Crippen molar-refractivity contribution in [2.24, 2.45) is 5.10 Å². The average molecular weight is 296 g/mol. The lowest BCUT2D eigenvalue weighted by Gasteiger charge is -1.95. The predicted octanol–water partition coefficient (Wildman–Crippen LogP) is 2.14. The second kappa shape index (κ2) is 5.96. The molecular weight excluding hydrogens is 284 g/mol. The van der Waals surface area contributed by atoms with Gasteiger partial charge in [0.25, 0.3) is 5.91 Å². The van der Waals surface area contributed by atoms with Crippen LogP contribution in [-0.2, 0) is 0 Å². The number of aromatic nitrogens is 2. The third-order valence-corrected chi connectivity index (χ3v) is 2.87. The summed E-state index contributed by atoms with van der Waals surface area (Å²) in [6.45, 7) is 0. The molecule has 1 aromatic carbocycles. The highest BCUT2D eigenvalue weighted by atomic mass is 16.3. The number of furan rings is 1. The number of benzene rings is 1. The third kappa shape index (κ3) is 3.04. The summed E-state index contributed by atoms with van der Waals surface area (Å²) in [4.78, 5) is 11.9. The summed E-state index contributed by atoms with van der Waals surface area (Å²) in [5.74, 6) is 0.325. The topological polar surface area (TPSA) is 104 Å². The van der Waals surface area contributed by atoms with Crippen molar-refractivity contribution >= 4 is 12.1 Å². The van der Waals surface area contributed by atoms with Crippen LogP contribution in [-0.4, -0.2) is 27.4 Å². The van der Waals surface area contributed by atoms with Gasteiger partial charge < -0.3 is 9.52 Å². The number of aromatic amines is 1. The first kappa shape index (κ1) is 13.6. The van der Waals surface area contributed by atoms with Crippen molar-refractivity contribution in [3.05, 3.63) is 60.0 Å². The van der Waals surface area contributed by atoms with Gasteiger partial charge in [0, 0.05) is 6.07 Å². The third-order valence-electron chi connectivity index (χ3n) is 2.87. The maximum atomic E-state index is 11.9. The largest absolute Gasteiger partial charge is 0.508 e. The molecule has 3 N–H and O–H groups in total. The van der Waals surface area contributed by atoms with Gasteiger partial charge in [-0.3, -0.25) is 9.89 Å². The smallest absolute Gasteiger partial charge is 0.291 e. The van der Waals surface area contributed by atoms with E-state index in [2.05, 4.69) is 20.7 Å². The molecule has 2 aromatic heterocycles. The van der Waals surface area contributed by atoms with Crippen LogP contribution in [0.4, 0.5) is 0 Å². The van der Waals surface area contributed by atoms with Crippen LogP contribution in [0.3, 0.4) is 0 Å². The van der Waals surface area contributed by atoms with E-state index in [0.29, 0.717) is 11.5 Å². The number of phenols is 1. The molecule has 110 valence electrons. The van der Waals surface area contributed by atoms with Gasteiger partial charge in [0.15, 0.2) is 11.5 Å². The van der Waals surface area contributed by atoms with E-state index in [0.717, 1.165) is 5.56 Å². The quantitative estimate of drug-likeness (QED) is 0.507. The number of hydrogen-bond donors (Lipinski definition) is 3. The molecule has 3 rings (SSSR count). The zero-order valence-electron chi connectivity index (χ0n) is 11.4. The number of hydrazone groups is 1. The van der Waals surface area contributed by atoms with Crippen LogP contribution in [0, 0.1) is 0 Å². The number of carbonyl (C=O) groups excluding carboxylic acids is 1. The van der Waals surface area contributed by atoms with Crippen LogP contribution in [0.2, 0.25) is 0 Å². The summed E-state index contributed by atoms with van der Waals surface area (Å²) >= 11 is 0. The molecule has 0 bridgehead atoms. The van der Waals surface area contributed by atoms with E-state index in [1.165, 1.54) is 24.6 Å². The maximum absolute atomic E-state index is 11.9. The molecular formula is C15H12N4O3. The number of phenolic OH excluding ortho intramolecular Hbond substituents is 1. The lowest BCUT2D eigenvalue weighted by atomic mass is 10.2. The molecule has 0 radical (unpaired) electrons. The Morgan fingerprint density at radius 3 is 2.86 bits per heavy atom. The summed E-state index contributed by atoms with van der Waals surface area (Å²) in [5, 5.41) is 19.6. The van der Waals surface area contributed by atoms with Crippen molar-refractivity contribution < 1.29 is 14.3 Å². The molecule has 0 aliphatic heterocycles. The highest BCUT2D eigenvalue weighted by Gasteiger charge is 2.11. The number of rotatable bonds is 4. The van der Waals surface area contributed by atoms with E-state index >= 15 is 0 Å². The van der Waals surface area contributed by atoms with Gasteiger partial charge in [-0.15, -0.1) is 0 Å². The minimum atomic E-state index is -0.441. The minimum Gasteiger partial charge on any atom is -0.508 e. The van der Waals surface area contributed by atoms with Crippen LogP contribution in [0.25, 0.3) is 11.5 Å². The number of H-pyrrole nitrogens is 1. The first-order valence-corrected chi connectivity index (χ1v) is 6.44. The van der Waals surface area contributed by atoms with Gasteiger partial charge in [-0.1, -0.05) is 0 Å². The fourth-order valence-corrected chi connectivity index (χ4v) is 1.78. The van der Waals surface area contributed by atoms with Crippen LogP contribution < -0.4 is 5.43 Å². The molecule has 0 spiro atoms. The Morgan fingerprint density at radius 2 is 2.14 bits per heavy atom.